The standard InChI is InChI=1S/C15H16N2O4/c18-13-11-8-4-5-9-12(11)16-15(20)17(13)21-14(19)10-6-2-1-3-7-10/h1-3,6-7,11-12H,4-5,8-9H2,(H,16,20)/t11-,12-/m0/s1. The molecule has 6 nitrogen and oxygen atoms in total. The van der Waals surface area contributed by atoms with Gasteiger partial charge in [0.05, 0.1) is 11.5 Å². The van der Waals surface area contributed by atoms with E-state index in [9.17, 15) is 14.4 Å². The maximum atomic E-state index is 12.3. The van der Waals surface area contributed by atoms with Gasteiger partial charge in [-0.2, -0.15) is 0 Å². The van der Waals surface area contributed by atoms with Crippen LogP contribution in [0.15, 0.2) is 30.3 Å². The number of urea groups is 1. The summed E-state index contributed by atoms with van der Waals surface area (Å²) in [6.45, 7) is 0. The normalized spacial score (nSPS) is 25.0. The van der Waals surface area contributed by atoms with E-state index in [-0.39, 0.29) is 12.0 Å². The second-order valence-corrected chi connectivity index (χ2v) is 5.32. The number of carbonyl (C=O) groups excluding carboxylic acids is 3. The maximum absolute atomic E-state index is 12.3. The molecule has 0 bridgehead atoms. The second-order valence-electron chi connectivity index (χ2n) is 5.32. The van der Waals surface area contributed by atoms with Crippen molar-refractivity contribution in [3.63, 3.8) is 0 Å². The van der Waals surface area contributed by atoms with Crippen LogP contribution in [0.4, 0.5) is 4.79 Å². The van der Waals surface area contributed by atoms with E-state index in [1.54, 1.807) is 30.3 Å². The van der Waals surface area contributed by atoms with Crippen molar-refractivity contribution in [2.75, 3.05) is 0 Å². The molecule has 0 radical (unpaired) electrons. The summed E-state index contributed by atoms with van der Waals surface area (Å²) < 4.78 is 0. The van der Waals surface area contributed by atoms with Gasteiger partial charge in [0.1, 0.15) is 0 Å². The van der Waals surface area contributed by atoms with Gasteiger partial charge in [0.25, 0.3) is 5.91 Å². The number of nitrogens with zero attached hydrogens (tertiary/aromatic N) is 1. The minimum absolute atomic E-state index is 0.134. The van der Waals surface area contributed by atoms with E-state index in [2.05, 4.69) is 5.32 Å². The number of rotatable bonds is 2. The van der Waals surface area contributed by atoms with Gasteiger partial charge in [-0.3, -0.25) is 4.79 Å². The minimum atomic E-state index is -0.714. The van der Waals surface area contributed by atoms with Crippen molar-refractivity contribution in [2.24, 2.45) is 5.92 Å². The van der Waals surface area contributed by atoms with E-state index in [4.69, 9.17) is 4.84 Å². The Morgan fingerprint density at radius 2 is 1.86 bits per heavy atom. The predicted octanol–water partition coefficient (Wildman–Crippen LogP) is 1.87. The Morgan fingerprint density at radius 3 is 2.62 bits per heavy atom. The third-order valence-electron chi connectivity index (χ3n) is 3.96. The lowest BCUT2D eigenvalue weighted by Crippen LogP contribution is -2.60. The van der Waals surface area contributed by atoms with Crippen molar-refractivity contribution in [1.29, 1.82) is 0 Å². The highest BCUT2D eigenvalue weighted by atomic mass is 16.7. The molecule has 6 heteroatoms. The summed E-state index contributed by atoms with van der Waals surface area (Å²) in [7, 11) is 0. The van der Waals surface area contributed by atoms with Crippen LogP contribution < -0.4 is 5.32 Å². The van der Waals surface area contributed by atoms with Crippen LogP contribution in [0.1, 0.15) is 36.0 Å². The van der Waals surface area contributed by atoms with Gasteiger partial charge in [0, 0.05) is 6.04 Å². The molecular formula is C15H16N2O4. The summed E-state index contributed by atoms with van der Waals surface area (Å²) in [5, 5.41) is 3.32. The minimum Gasteiger partial charge on any atom is -0.332 e. The average Bonchev–Trinajstić information content (AvgIpc) is 2.52. The van der Waals surface area contributed by atoms with Crippen LogP contribution >= 0.6 is 0 Å². The van der Waals surface area contributed by atoms with Crippen LogP contribution in [-0.2, 0) is 9.63 Å². The lowest BCUT2D eigenvalue weighted by atomic mass is 9.83. The molecule has 1 saturated carbocycles. The Morgan fingerprint density at radius 1 is 1.14 bits per heavy atom. The topological polar surface area (TPSA) is 75.7 Å². The molecule has 0 spiro atoms. The summed E-state index contributed by atoms with van der Waals surface area (Å²) in [5.41, 5.74) is 0.295. The number of nitrogens with one attached hydrogen (secondary N) is 1. The SMILES string of the molecule is O=C(ON1C(=O)N[C@H]2CCCC[C@@H]2C1=O)c1ccccc1. The van der Waals surface area contributed by atoms with Crippen molar-refractivity contribution in [3.8, 4) is 0 Å². The van der Waals surface area contributed by atoms with Crippen LogP contribution in [-0.4, -0.2) is 29.0 Å². The highest BCUT2D eigenvalue weighted by Gasteiger charge is 2.44. The van der Waals surface area contributed by atoms with E-state index in [1.165, 1.54) is 0 Å². The average molecular weight is 288 g/mol. The first kappa shape index (κ1) is 13.6. The van der Waals surface area contributed by atoms with Gasteiger partial charge < -0.3 is 10.2 Å². The molecule has 21 heavy (non-hydrogen) atoms. The first-order chi connectivity index (χ1) is 10.2. The van der Waals surface area contributed by atoms with Crippen LogP contribution in [0, 0.1) is 5.92 Å². The molecule has 1 heterocycles. The molecule has 0 unspecified atom stereocenters. The number of carbonyl (C=O) groups is 3. The van der Waals surface area contributed by atoms with Crippen molar-refractivity contribution in [1.82, 2.24) is 10.4 Å². The lowest BCUT2D eigenvalue weighted by Gasteiger charge is -2.38. The van der Waals surface area contributed by atoms with Crippen LogP contribution in [0.2, 0.25) is 0 Å². The van der Waals surface area contributed by atoms with Gasteiger partial charge in [0.2, 0.25) is 0 Å². The molecule has 1 N–H and O–H groups in total. The number of hydrogen-bond acceptors (Lipinski definition) is 4. The summed E-state index contributed by atoms with van der Waals surface area (Å²) in [5.74, 6) is -1.43. The molecule has 3 amide bonds. The van der Waals surface area contributed by atoms with E-state index < -0.39 is 17.9 Å². The molecule has 0 aromatic heterocycles. The van der Waals surface area contributed by atoms with E-state index in [0.717, 1.165) is 19.3 Å². The number of hydrogen-bond donors (Lipinski definition) is 1. The Labute approximate surface area is 122 Å². The third kappa shape index (κ3) is 2.61. The molecule has 2 aliphatic rings. The van der Waals surface area contributed by atoms with Gasteiger partial charge in [-0.25, -0.2) is 9.59 Å². The Bertz CT molecular complexity index is 572. The summed E-state index contributed by atoms with van der Waals surface area (Å²) in [6.07, 6.45) is 3.45. The molecule has 1 aromatic rings. The van der Waals surface area contributed by atoms with Gasteiger partial charge in [-0.05, 0) is 25.0 Å². The van der Waals surface area contributed by atoms with Gasteiger partial charge in [0.15, 0.2) is 0 Å². The number of fused-ring (bicyclic) bond motifs is 1. The Hall–Kier alpha value is -2.37. The zero-order valence-electron chi connectivity index (χ0n) is 11.5. The Balaban J connectivity index is 1.74. The van der Waals surface area contributed by atoms with E-state index in [0.29, 0.717) is 17.0 Å². The predicted molar refractivity (Wildman–Crippen MR) is 73.0 cm³/mol. The largest absolute Gasteiger partial charge is 0.363 e. The molecule has 2 atom stereocenters. The molecular weight excluding hydrogens is 272 g/mol. The second kappa shape index (κ2) is 5.55. The quantitative estimate of drug-likeness (QED) is 0.901. The van der Waals surface area contributed by atoms with Crippen molar-refractivity contribution in [2.45, 2.75) is 31.7 Å². The maximum Gasteiger partial charge on any atom is 0.363 e. The van der Waals surface area contributed by atoms with Crippen molar-refractivity contribution >= 4 is 17.9 Å². The van der Waals surface area contributed by atoms with Gasteiger partial charge >= 0.3 is 12.0 Å². The van der Waals surface area contributed by atoms with Crippen LogP contribution in [0.3, 0.4) is 0 Å². The van der Waals surface area contributed by atoms with Crippen LogP contribution in [0.25, 0.3) is 0 Å². The molecule has 1 aliphatic carbocycles. The first-order valence-corrected chi connectivity index (χ1v) is 7.08. The monoisotopic (exact) mass is 288 g/mol. The molecule has 1 aliphatic heterocycles. The smallest absolute Gasteiger partial charge is 0.332 e. The zero-order valence-corrected chi connectivity index (χ0v) is 11.5. The Kier molecular flexibility index (Phi) is 3.60. The van der Waals surface area contributed by atoms with Gasteiger partial charge in [-0.15, -0.1) is 0 Å². The molecule has 1 aromatic carbocycles. The number of hydroxylamine groups is 2. The van der Waals surface area contributed by atoms with Crippen molar-refractivity contribution in [3.05, 3.63) is 35.9 Å². The van der Waals surface area contributed by atoms with Crippen LogP contribution in [0.5, 0.6) is 0 Å². The zero-order chi connectivity index (χ0) is 14.8. The highest BCUT2D eigenvalue weighted by molar-refractivity contribution is 6.00. The number of benzene rings is 1. The third-order valence-corrected chi connectivity index (χ3v) is 3.96. The summed E-state index contributed by atoms with van der Waals surface area (Å²) in [4.78, 5) is 41.2. The lowest BCUT2D eigenvalue weighted by molar-refractivity contribution is -0.165. The number of amides is 3. The number of imide groups is 1. The molecule has 2 fully saturated rings. The fourth-order valence-corrected chi connectivity index (χ4v) is 2.86. The van der Waals surface area contributed by atoms with E-state index in [1.807, 2.05) is 0 Å². The molecule has 1 saturated heterocycles. The highest BCUT2D eigenvalue weighted by Crippen LogP contribution is 2.29. The van der Waals surface area contributed by atoms with Gasteiger partial charge in [-0.1, -0.05) is 36.1 Å². The fraction of sp³-hybridized carbons (Fsp3) is 0.400. The summed E-state index contributed by atoms with van der Waals surface area (Å²) >= 11 is 0. The first-order valence-electron chi connectivity index (χ1n) is 7.08. The molecule has 110 valence electrons. The fourth-order valence-electron chi connectivity index (χ4n) is 2.86. The van der Waals surface area contributed by atoms with E-state index >= 15 is 0 Å². The van der Waals surface area contributed by atoms with Crippen molar-refractivity contribution < 1.29 is 19.2 Å². The molecule has 3 rings (SSSR count). The summed E-state index contributed by atoms with van der Waals surface area (Å²) in [6, 6.07) is 7.48.